The number of alkyl halides is 1. The molecule has 0 N–H and O–H groups in total. The van der Waals surface area contributed by atoms with Gasteiger partial charge in [-0.3, -0.25) is 0 Å². The lowest BCUT2D eigenvalue weighted by Crippen LogP contribution is -2.21. The van der Waals surface area contributed by atoms with Gasteiger partial charge in [-0.2, -0.15) is 5.10 Å². The lowest BCUT2D eigenvalue weighted by atomic mass is 10.1. The van der Waals surface area contributed by atoms with E-state index in [4.69, 9.17) is 11.6 Å². The SMILES string of the molecule is CN(CCc1ccccc1)c1ccc(CCl)nn1. The average Bonchev–Trinajstić information content (AvgIpc) is 2.46. The minimum Gasteiger partial charge on any atom is -0.358 e. The lowest BCUT2D eigenvalue weighted by molar-refractivity contribution is 0.832. The van der Waals surface area contributed by atoms with Crippen LogP contribution in [0.4, 0.5) is 5.82 Å². The highest BCUT2D eigenvalue weighted by Crippen LogP contribution is 2.10. The third kappa shape index (κ3) is 3.44. The van der Waals surface area contributed by atoms with Crippen molar-refractivity contribution < 1.29 is 0 Å². The van der Waals surface area contributed by atoms with Crippen LogP contribution in [0.25, 0.3) is 0 Å². The summed E-state index contributed by atoms with van der Waals surface area (Å²) >= 11 is 5.68. The fourth-order valence-electron chi connectivity index (χ4n) is 1.68. The molecule has 0 radical (unpaired) electrons. The zero-order valence-electron chi connectivity index (χ0n) is 10.4. The Bertz CT molecular complexity index is 470. The Morgan fingerprint density at radius 1 is 1.06 bits per heavy atom. The topological polar surface area (TPSA) is 29.0 Å². The molecule has 2 rings (SSSR count). The number of benzene rings is 1. The normalized spacial score (nSPS) is 10.3. The van der Waals surface area contributed by atoms with Crippen LogP contribution in [0.2, 0.25) is 0 Å². The van der Waals surface area contributed by atoms with Gasteiger partial charge in [-0.05, 0) is 24.1 Å². The summed E-state index contributed by atoms with van der Waals surface area (Å²) in [5.74, 6) is 1.28. The Hall–Kier alpha value is -1.61. The van der Waals surface area contributed by atoms with Gasteiger partial charge >= 0.3 is 0 Å². The molecule has 1 aromatic carbocycles. The van der Waals surface area contributed by atoms with Gasteiger partial charge in [0.05, 0.1) is 11.6 Å². The second-order valence-electron chi connectivity index (χ2n) is 4.17. The largest absolute Gasteiger partial charge is 0.358 e. The first kappa shape index (κ1) is 12.8. The monoisotopic (exact) mass is 261 g/mol. The quantitative estimate of drug-likeness (QED) is 0.775. The molecule has 0 aliphatic heterocycles. The van der Waals surface area contributed by atoms with E-state index in [2.05, 4.69) is 39.4 Å². The summed E-state index contributed by atoms with van der Waals surface area (Å²) in [5, 5.41) is 8.20. The van der Waals surface area contributed by atoms with E-state index in [0.29, 0.717) is 5.88 Å². The predicted octanol–water partition coefficient (Wildman–Crippen LogP) is 2.89. The Morgan fingerprint density at radius 3 is 2.44 bits per heavy atom. The summed E-state index contributed by atoms with van der Waals surface area (Å²) in [4.78, 5) is 2.10. The summed E-state index contributed by atoms with van der Waals surface area (Å²) < 4.78 is 0. The van der Waals surface area contributed by atoms with Crippen molar-refractivity contribution in [3.63, 3.8) is 0 Å². The summed E-state index contributed by atoms with van der Waals surface area (Å²) in [7, 11) is 2.02. The first-order valence-electron chi connectivity index (χ1n) is 5.93. The van der Waals surface area contributed by atoms with Crippen molar-refractivity contribution in [2.45, 2.75) is 12.3 Å². The van der Waals surface area contributed by atoms with Crippen LogP contribution in [-0.4, -0.2) is 23.8 Å². The maximum Gasteiger partial charge on any atom is 0.150 e. The standard InChI is InChI=1S/C14H16ClN3/c1-18(10-9-12-5-3-2-4-6-12)14-8-7-13(11-15)16-17-14/h2-8H,9-11H2,1H3. The Labute approximate surface area is 112 Å². The van der Waals surface area contributed by atoms with E-state index in [1.807, 2.05) is 25.2 Å². The number of hydrogen-bond donors (Lipinski definition) is 0. The maximum absolute atomic E-state index is 5.68. The smallest absolute Gasteiger partial charge is 0.150 e. The first-order valence-corrected chi connectivity index (χ1v) is 6.46. The molecule has 0 aliphatic carbocycles. The first-order chi connectivity index (χ1) is 8.79. The molecule has 0 unspecified atom stereocenters. The van der Waals surface area contributed by atoms with Gasteiger partial charge in [-0.15, -0.1) is 16.7 Å². The number of halogens is 1. The highest BCUT2D eigenvalue weighted by Gasteiger charge is 2.03. The van der Waals surface area contributed by atoms with E-state index in [1.165, 1.54) is 5.56 Å². The molecule has 94 valence electrons. The van der Waals surface area contributed by atoms with E-state index < -0.39 is 0 Å². The molecular formula is C14H16ClN3. The van der Waals surface area contributed by atoms with Crippen LogP contribution in [0.1, 0.15) is 11.3 Å². The molecule has 4 heteroatoms. The second-order valence-corrected chi connectivity index (χ2v) is 4.44. The van der Waals surface area contributed by atoms with Crippen molar-refractivity contribution in [1.82, 2.24) is 10.2 Å². The van der Waals surface area contributed by atoms with Crippen molar-refractivity contribution >= 4 is 17.4 Å². The minimum absolute atomic E-state index is 0.404. The van der Waals surface area contributed by atoms with E-state index in [-0.39, 0.29) is 0 Å². The van der Waals surface area contributed by atoms with Gasteiger partial charge in [0.1, 0.15) is 0 Å². The van der Waals surface area contributed by atoms with Crippen LogP contribution < -0.4 is 4.90 Å². The molecule has 2 aromatic rings. The molecule has 18 heavy (non-hydrogen) atoms. The number of nitrogens with zero attached hydrogens (tertiary/aromatic N) is 3. The zero-order valence-corrected chi connectivity index (χ0v) is 11.1. The second kappa shape index (κ2) is 6.36. The Balaban J connectivity index is 1.93. The molecule has 0 bridgehead atoms. The van der Waals surface area contributed by atoms with Gasteiger partial charge < -0.3 is 4.90 Å². The molecule has 0 aliphatic rings. The van der Waals surface area contributed by atoms with Crippen molar-refractivity contribution in [3.8, 4) is 0 Å². The molecular weight excluding hydrogens is 246 g/mol. The third-order valence-corrected chi connectivity index (χ3v) is 3.09. The van der Waals surface area contributed by atoms with Crippen LogP contribution in [0.3, 0.4) is 0 Å². The van der Waals surface area contributed by atoms with Crippen molar-refractivity contribution in [3.05, 3.63) is 53.7 Å². The van der Waals surface area contributed by atoms with E-state index in [9.17, 15) is 0 Å². The van der Waals surface area contributed by atoms with Gasteiger partial charge in [-0.25, -0.2) is 0 Å². The highest BCUT2D eigenvalue weighted by molar-refractivity contribution is 6.16. The molecule has 0 amide bonds. The van der Waals surface area contributed by atoms with Crippen molar-refractivity contribution in [1.29, 1.82) is 0 Å². The number of likely N-dealkylation sites (N-methyl/N-ethyl adjacent to an activating group) is 1. The predicted molar refractivity (Wildman–Crippen MR) is 75.0 cm³/mol. The molecule has 0 atom stereocenters. The van der Waals surface area contributed by atoms with E-state index >= 15 is 0 Å². The van der Waals surface area contributed by atoms with Gasteiger partial charge in [-0.1, -0.05) is 30.3 Å². The highest BCUT2D eigenvalue weighted by atomic mass is 35.5. The summed E-state index contributed by atoms with van der Waals surface area (Å²) in [6, 6.07) is 14.3. The fraction of sp³-hybridized carbons (Fsp3) is 0.286. The van der Waals surface area contributed by atoms with Crippen molar-refractivity contribution in [2.75, 3.05) is 18.5 Å². The average molecular weight is 262 g/mol. The van der Waals surface area contributed by atoms with Gasteiger partial charge in [0, 0.05) is 13.6 Å². The summed E-state index contributed by atoms with van der Waals surface area (Å²) in [5.41, 5.74) is 2.13. The Kier molecular flexibility index (Phi) is 4.53. The number of anilines is 1. The number of hydrogen-bond acceptors (Lipinski definition) is 3. The van der Waals surface area contributed by atoms with E-state index in [0.717, 1.165) is 24.5 Å². The number of aromatic nitrogens is 2. The summed E-state index contributed by atoms with van der Waals surface area (Å²) in [6.07, 6.45) is 0.996. The van der Waals surface area contributed by atoms with Crippen LogP contribution in [0, 0.1) is 0 Å². The van der Waals surface area contributed by atoms with Crippen LogP contribution in [0.15, 0.2) is 42.5 Å². The molecule has 3 nitrogen and oxygen atoms in total. The molecule has 0 saturated heterocycles. The molecule has 0 fully saturated rings. The molecule has 0 spiro atoms. The zero-order chi connectivity index (χ0) is 12.8. The van der Waals surface area contributed by atoms with Crippen LogP contribution in [0.5, 0.6) is 0 Å². The Morgan fingerprint density at radius 2 is 1.83 bits per heavy atom. The van der Waals surface area contributed by atoms with Gasteiger partial charge in [0.2, 0.25) is 0 Å². The molecule has 1 heterocycles. The molecule has 1 aromatic heterocycles. The van der Waals surface area contributed by atoms with Crippen LogP contribution >= 0.6 is 11.6 Å². The van der Waals surface area contributed by atoms with E-state index in [1.54, 1.807) is 0 Å². The maximum atomic E-state index is 5.68. The van der Waals surface area contributed by atoms with Crippen molar-refractivity contribution in [2.24, 2.45) is 0 Å². The number of rotatable bonds is 5. The minimum atomic E-state index is 0.404. The van der Waals surface area contributed by atoms with Crippen LogP contribution in [-0.2, 0) is 12.3 Å². The fourth-order valence-corrected chi connectivity index (χ4v) is 1.83. The molecule has 0 saturated carbocycles. The lowest BCUT2D eigenvalue weighted by Gasteiger charge is -2.17. The van der Waals surface area contributed by atoms with Gasteiger partial charge in [0.25, 0.3) is 0 Å². The summed E-state index contributed by atoms with van der Waals surface area (Å²) in [6.45, 7) is 0.916. The third-order valence-electron chi connectivity index (χ3n) is 2.81. The van der Waals surface area contributed by atoms with Gasteiger partial charge in [0.15, 0.2) is 5.82 Å².